The van der Waals surface area contributed by atoms with Crippen molar-refractivity contribution in [2.24, 2.45) is 4.99 Å². The van der Waals surface area contributed by atoms with Gasteiger partial charge in [-0.2, -0.15) is 0 Å². The van der Waals surface area contributed by atoms with Gasteiger partial charge in [-0.15, -0.1) is 11.3 Å². The first-order valence-electron chi connectivity index (χ1n) is 7.09. The largest absolute Gasteiger partial charge is 0.493 e. The zero-order valence-corrected chi connectivity index (χ0v) is 13.6. The van der Waals surface area contributed by atoms with E-state index in [0.29, 0.717) is 3.95 Å². The third kappa shape index (κ3) is 2.44. The molecule has 112 valence electrons. The molecule has 1 aromatic heterocycles. The number of fused-ring (bicyclic) bond motifs is 1. The van der Waals surface area contributed by atoms with Crippen LogP contribution in [0.15, 0.2) is 59.6 Å². The highest BCUT2D eigenvalue weighted by atomic mass is 32.1. The summed E-state index contributed by atoms with van der Waals surface area (Å²) in [6, 6.07) is 17.6. The standard InChI is InChI=1S/C18H12N2OS2/c21-17-16(10-12-11-19-15-9-5-4-8-14(12)15)23-18(22)20(17)13-6-2-1-3-7-13/h1-11,21H/b12-10-. The summed E-state index contributed by atoms with van der Waals surface area (Å²) in [6.07, 6.45) is 3.75. The van der Waals surface area contributed by atoms with Crippen LogP contribution in [0.3, 0.4) is 0 Å². The van der Waals surface area contributed by atoms with Crippen molar-refractivity contribution in [3.05, 3.63) is 69.0 Å². The first-order valence-corrected chi connectivity index (χ1v) is 8.32. The van der Waals surface area contributed by atoms with Crippen LogP contribution in [0.2, 0.25) is 0 Å². The third-order valence-electron chi connectivity index (χ3n) is 3.67. The Morgan fingerprint density at radius 1 is 1.04 bits per heavy atom. The fraction of sp³-hybridized carbons (Fsp3) is 0. The Kier molecular flexibility index (Phi) is 3.44. The Labute approximate surface area is 142 Å². The minimum absolute atomic E-state index is 0.163. The molecule has 0 atom stereocenters. The van der Waals surface area contributed by atoms with Crippen molar-refractivity contribution in [3.63, 3.8) is 0 Å². The zero-order valence-electron chi connectivity index (χ0n) is 12.0. The van der Waals surface area contributed by atoms with E-state index in [1.165, 1.54) is 11.3 Å². The third-order valence-corrected chi connectivity index (χ3v) is 4.98. The predicted molar refractivity (Wildman–Crippen MR) is 98.6 cm³/mol. The average Bonchev–Trinajstić information content (AvgIpc) is 3.10. The van der Waals surface area contributed by atoms with Crippen LogP contribution in [0.1, 0.15) is 10.4 Å². The van der Waals surface area contributed by atoms with Crippen molar-refractivity contribution in [2.75, 3.05) is 0 Å². The van der Waals surface area contributed by atoms with E-state index in [2.05, 4.69) is 4.99 Å². The maximum atomic E-state index is 10.6. The van der Waals surface area contributed by atoms with Gasteiger partial charge in [0.05, 0.1) is 16.3 Å². The smallest absolute Gasteiger partial charge is 0.215 e. The number of thiazole rings is 1. The molecule has 4 rings (SSSR count). The first kappa shape index (κ1) is 14.1. The molecule has 3 nitrogen and oxygen atoms in total. The number of nitrogens with zero attached hydrogens (tertiary/aromatic N) is 2. The lowest BCUT2D eigenvalue weighted by Crippen LogP contribution is -1.92. The minimum atomic E-state index is 0.163. The molecule has 0 spiro atoms. The van der Waals surface area contributed by atoms with Crippen LogP contribution in [0.5, 0.6) is 5.88 Å². The van der Waals surface area contributed by atoms with Gasteiger partial charge in [0.1, 0.15) is 0 Å². The molecule has 0 saturated carbocycles. The van der Waals surface area contributed by atoms with E-state index in [0.717, 1.165) is 27.4 Å². The van der Waals surface area contributed by atoms with Crippen LogP contribution in [0.4, 0.5) is 5.69 Å². The summed E-state index contributed by atoms with van der Waals surface area (Å²) < 4.78 is 2.30. The number of hydrogen-bond acceptors (Lipinski definition) is 4. The van der Waals surface area contributed by atoms with Crippen molar-refractivity contribution >= 4 is 47.1 Å². The van der Waals surface area contributed by atoms with Crippen LogP contribution in [0, 0.1) is 3.95 Å². The molecule has 3 aromatic rings. The van der Waals surface area contributed by atoms with E-state index in [1.807, 2.05) is 66.9 Å². The molecule has 0 radical (unpaired) electrons. The average molecular weight is 336 g/mol. The van der Waals surface area contributed by atoms with Gasteiger partial charge >= 0.3 is 0 Å². The second-order valence-electron chi connectivity index (χ2n) is 5.10. The maximum absolute atomic E-state index is 10.6. The van der Waals surface area contributed by atoms with E-state index in [1.54, 1.807) is 4.57 Å². The van der Waals surface area contributed by atoms with Crippen LogP contribution in [-0.2, 0) is 0 Å². The second kappa shape index (κ2) is 5.61. The number of aromatic nitrogens is 1. The van der Waals surface area contributed by atoms with Crippen molar-refractivity contribution in [2.45, 2.75) is 0 Å². The van der Waals surface area contributed by atoms with E-state index >= 15 is 0 Å². The fourth-order valence-electron chi connectivity index (χ4n) is 2.58. The molecular formula is C18H12N2OS2. The Hall–Kier alpha value is -2.50. The predicted octanol–water partition coefficient (Wildman–Crippen LogP) is 5.23. The molecule has 0 saturated heterocycles. The van der Waals surface area contributed by atoms with Crippen LogP contribution in [0.25, 0.3) is 17.3 Å². The number of aromatic hydroxyl groups is 1. The van der Waals surface area contributed by atoms with Crippen molar-refractivity contribution in [1.82, 2.24) is 4.57 Å². The van der Waals surface area contributed by atoms with Crippen LogP contribution < -0.4 is 0 Å². The Bertz CT molecular complexity index is 997. The van der Waals surface area contributed by atoms with E-state index in [9.17, 15) is 5.11 Å². The summed E-state index contributed by atoms with van der Waals surface area (Å²) in [7, 11) is 0. The van der Waals surface area contributed by atoms with E-state index in [4.69, 9.17) is 12.2 Å². The molecule has 1 N–H and O–H groups in total. The van der Waals surface area contributed by atoms with E-state index < -0.39 is 0 Å². The molecule has 0 fully saturated rings. The topological polar surface area (TPSA) is 37.5 Å². The summed E-state index contributed by atoms with van der Waals surface area (Å²) in [5.74, 6) is 0.163. The molecule has 0 aliphatic carbocycles. The number of aliphatic imine (C=N–C) groups is 1. The highest BCUT2D eigenvalue weighted by molar-refractivity contribution is 7.73. The van der Waals surface area contributed by atoms with Gasteiger partial charge in [0.25, 0.3) is 0 Å². The van der Waals surface area contributed by atoms with Gasteiger partial charge in [-0.05, 0) is 36.5 Å². The van der Waals surface area contributed by atoms with Gasteiger partial charge in [-0.25, -0.2) is 0 Å². The lowest BCUT2D eigenvalue weighted by atomic mass is 10.1. The summed E-state index contributed by atoms with van der Waals surface area (Å²) in [6.45, 7) is 0. The first-order chi connectivity index (χ1) is 11.2. The summed E-state index contributed by atoms with van der Waals surface area (Å²) >= 11 is 6.81. The van der Waals surface area contributed by atoms with Gasteiger partial charge < -0.3 is 5.11 Å². The quantitative estimate of drug-likeness (QED) is 0.651. The normalized spacial score (nSPS) is 14.3. The zero-order chi connectivity index (χ0) is 15.8. The van der Waals surface area contributed by atoms with Gasteiger partial charge in [0.15, 0.2) is 3.95 Å². The Morgan fingerprint density at radius 3 is 2.61 bits per heavy atom. The lowest BCUT2D eigenvalue weighted by Gasteiger charge is -2.04. The monoisotopic (exact) mass is 336 g/mol. The molecule has 2 aromatic carbocycles. The molecule has 0 unspecified atom stereocenters. The van der Waals surface area contributed by atoms with Gasteiger partial charge in [0.2, 0.25) is 5.88 Å². The highest BCUT2D eigenvalue weighted by Crippen LogP contribution is 2.36. The SMILES string of the molecule is Oc1c(/C=C2/C=Nc3ccccc32)sc(=S)n1-c1ccccc1. The Morgan fingerprint density at radius 2 is 1.78 bits per heavy atom. The summed E-state index contributed by atoms with van der Waals surface area (Å²) in [4.78, 5) is 5.12. The summed E-state index contributed by atoms with van der Waals surface area (Å²) in [5, 5.41) is 10.6. The number of hydrogen-bond donors (Lipinski definition) is 1. The number of allylic oxidation sites excluding steroid dienone is 1. The van der Waals surface area contributed by atoms with Crippen molar-refractivity contribution in [1.29, 1.82) is 0 Å². The molecule has 5 heteroatoms. The van der Waals surface area contributed by atoms with Crippen molar-refractivity contribution < 1.29 is 5.11 Å². The van der Waals surface area contributed by atoms with E-state index in [-0.39, 0.29) is 5.88 Å². The lowest BCUT2D eigenvalue weighted by molar-refractivity contribution is 0.441. The second-order valence-corrected chi connectivity index (χ2v) is 6.78. The molecule has 23 heavy (non-hydrogen) atoms. The van der Waals surface area contributed by atoms with Gasteiger partial charge in [-0.3, -0.25) is 9.56 Å². The molecular weight excluding hydrogens is 324 g/mol. The molecule has 1 aliphatic rings. The summed E-state index contributed by atoms with van der Waals surface area (Å²) in [5.41, 5.74) is 3.85. The highest BCUT2D eigenvalue weighted by Gasteiger charge is 2.15. The van der Waals surface area contributed by atoms with Gasteiger partial charge in [-0.1, -0.05) is 36.4 Å². The molecule has 2 heterocycles. The minimum Gasteiger partial charge on any atom is -0.493 e. The van der Waals surface area contributed by atoms with Crippen LogP contribution >= 0.6 is 23.6 Å². The maximum Gasteiger partial charge on any atom is 0.215 e. The number of benzene rings is 2. The van der Waals surface area contributed by atoms with Crippen LogP contribution in [-0.4, -0.2) is 15.9 Å². The Balaban J connectivity index is 1.83. The molecule has 1 aliphatic heterocycles. The fourth-order valence-corrected chi connectivity index (χ4v) is 3.88. The van der Waals surface area contributed by atoms with Crippen molar-refractivity contribution in [3.8, 4) is 11.6 Å². The molecule has 0 bridgehead atoms. The number of para-hydroxylation sites is 2. The molecule has 0 amide bonds. The number of rotatable bonds is 2. The van der Waals surface area contributed by atoms with Gasteiger partial charge in [0, 0.05) is 17.4 Å².